The largest absolute Gasteiger partial charge is 0.453 e. The Hall–Kier alpha value is -5.03. The molecule has 0 spiro atoms. The van der Waals surface area contributed by atoms with Crippen molar-refractivity contribution in [3.05, 3.63) is 96.6 Å². The number of carbonyl (C=O) groups excluding carboxylic acids is 3. The highest BCUT2D eigenvalue weighted by Gasteiger charge is 2.41. The Balaban J connectivity index is 1.85. The van der Waals surface area contributed by atoms with Crippen LogP contribution >= 0.6 is 7.60 Å². The molecule has 1 unspecified atom stereocenters. The second-order valence-corrected chi connectivity index (χ2v) is 14.8. The molecule has 0 aromatic heterocycles. The van der Waals surface area contributed by atoms with Gasteiger partial charge in [-0.25, -0.2) is 18.9 Å². The van der Waals surface area contributed by atoms with Gasteiger partial charge in [-0.2, -0.15) is 0 Å². The van der Waals surface area contributed by atoms with Crippen LogP contribution in [-0.4, -0.2) is 47.8 Å². The topological polar surface area (TPSA) is 163 Å². The van der Waals surface area contributed by atoms with E-state index in [1.165, 1.54) is 0 Å². The Labute approximate surface area is 287 Å². The highest BCUT2D eigenvalue weighted by Crippen LogP contribution is 2.53. The molecule has 3 rings (SSSR count). The lowest BCUT2D eigenvalue weighted by Gasteiger charge is -2.28. The van der Waals surface area contributed by atoms with E-state index in [9.17, 15) is 18.9 Å². The molecule has 0 aliphatic carbocycles. The predicted octanol–water partition coefficient (Wildman–Crippen LogP) is 7.78. The summed E-state index contributed by atoms with van der Waals surface area (Å²) in [6.45, 7) is 10.1. The number of aliphatic imine (C=N–C) groups is 1. The van der Waals surface area contributed by atoms with Gasteiger partial charge in [0.05, 0.1) is 0 Å². The number of rotatable bonds is 12. The first-order valence-electron chi connectivity index (χ1n) is 15.7. The molecule has 0 heterocycles. The molecule has 0 bridgehead atoms. The highest BCUT2D eigenvalue weighted by molar-refractivity contribution is 7.55. The summed E-state index contributed by atoms with van der Waals surface area (Å²) < 4.78 is 42.7. The molecule has 1 atom stereocenters. The minimum absolute atomic E-state index is 0.00511. The maximum atomic E-state index is 14.6. The van der Waals surface area contributed by atoms with E-state index in [0.29, 0.717) is 0 Å². The van der Waals surface area contributed by atoms with Crippen molar-refractivity contribution in [2.75, 3.05) is 6.54 Å². The Morgan fingerprint density at radius 3 is 1.59 bits per heavy atom. The number of nitrogens with one attached hydrogen (secondary N) is 3. The second-order valence-electron chi connectivity index (χ2n) is 12.7. The summed E-state index contributed by atoms with van der Waals surface area (Å²) in [7, 11) is -4.22. The summed E-state index contributed by atoms with van der Waals surface area (Å²) in [6, 6.07) is 26.0. The molecule has 3 amide bonds. The summed E-state index contributed by atoms with van der Waals surface area (Å²) in [5.74, 6) is -0.920. The van der Waals surface area contributed by atoms with Crippen LogP contribution in [0.15, 0.2) is 96.0 Å². The van der Waals surface area contributed by atoms with Crippen LogP contribution < -0.4 is 25.0 Å². The van der Waals surface area contributed by atoms with Crippen LogP contribution in [0.1, 0.15) is 59.9 Å². The van der Waals surface area contributed by atoms with Crippen molar-refractivity contribution in [2.45, 2.75) is 78.0 Å². The fourth-order valence-corrected chi connectivity index (χ4v) is 5.88. The van der Waals surface area contributed by atoms with E-state index in [1.54, 1.807) is 114 Å². The average Bonchev–Trinajstić information content (AvgIpc) is 3.01. The van der Waals surface area contributed by atoms with E-state index in [4.69, 9.17) is 23.3 Å². The monoisotopic (exact) mass is 696 g/mol. The third-order valence-electron chi connectivity index (χ3n) is 5.97. The maximum absolute atomic E-state index is 14.6. The molecule has 3 N–H and O–H groups in total. The molecular formula is C35H45N4O9P. The first-order valence-corrected chi connectivity index (χ1v) is 17.3. The van der Waals surface area contributed by atoms with E-state index in [2.05, 4.69) is 20.9 Å². The van der Waals surface area contributed by atoms with Gasteiger partial charge in [-0.3, -0.25) is 15.6 Å². The third-order valence-corrected chi connectivity index (χ3v) is 8.06. The van der Waals surface area contributed by atoms with Crippen LogP contribution in [0.3, 0.4) is 0 Å². The molecular weight excluding hydrogens is 651 g/mol. The lowest BCUT2D eigenvalue weighted by Crippen LogP contribution is -2.47. The molecule has 0 aliphatic heterocycles. The van der Waals surface area contributed by atoms with Crippen molar-refractivity contribution in [1.29, 1.82) is 0 Å². The molecule has 0 saturated heterocycles. The first kappa shape index (κ1) is 38.4. The predicted molar refractivity (Wildman–Crippen MR) is 186 cm³/mol. The van der Waals surface area contributed by atoms with Gasteiger partial charge < -0.3 is 28.6 Å². The number of ether oxygens (including phenoxy) is 3. The quantitative estimate of drug-likeness (QED) is 0.0564. The summed E-state index contributed by atoms with van der Waals surface area (Å²) >= 11 is 0. The molecule has 3 aromatic carbocycles. The number of carbonyl (C=O) groups is 3. The summed E-state index contributed by atoms with van der Waals surface area (Å²) in [5, 5.41) is 7.51. The zero-order valence-corrected chi connectivity index (χ0v) is 29.5. The average molecular weight is 697 g/mol. The molecule has 3 aromatic rings. The van der Waals surface area contributed by atoms with Gasteiger partial charge in [0, 0.05) is 6.54 Å². The molecule has 13 nitrogen and oxygen atoms in total. The number of alkyl carbamates (subject to hydrolysis) is 3. The number of hydrogen-bond acceptors (Lipinski definition) is 10. The van der Waals surface area contributed by atoms with Gasteiger partial charge in [0.1, 0.15) is 29.3 Å². The Kier molecular flexibility index (Phi) is 14.1. The maximum Gasteiger partial charge on any atom is 0.453 e. The van der Waals surface area contributed by atoms with Gasteiger partial charge in [0.25, 0.3) is 0 Å². The van der Waals surface area contributed by atoms with Crippen molar-refractivity contribution in [3.63, 3.8) is 0 Å². The van der Waals surface area contributed by atoms with Crippen LogP contribution in [0.25, 0.3) is 0 Å². The Bertz CT molecular complexity index is 1500. The molecule has 264 valence electrons. The number of guanidine groups is 1. The zero-order chi connectivity index (χ0) is 35.9. The van der Waals surface area contributed by atoms with Crippen molar-refractivity contribution in [2.24, 2.45) is 4.99 Å². The van der Waals surface area contributed by atoms with Crippen molar-refractivity contribution in [1.82, 2.24) is 16.0 Å². The normalized spacial score (nSPS) is 12.0. The molecule has 49 heavy (non-hydrogen) atoms. The van der Waals surface area contributed by atoms with Crippen LogP contribution in [-0.2, 0) is 25.4 Å². The van der Waals surface area contributed by atoms with Crippen LogP contribution in [0.4, 0.5) is 14.4 Å². The minimum Gasteiger partial charge on any atom is -0.445 e. The molecule has 0 fully saturated rings. The Morgan fingerprint density at radius 1 is 0.694 bits per heavy atom. The van der Waals surface area contributed by atoms with E-state index in [-0.39, 0.29) is 43.5 Å². The van der Waals surface area contributed by atoms with Crippen LogP contribution in [0.5, 0.6) is 11.5 Å². The SMILES string of the molecule is CC(C)(C)OC(=O)NC(=NCCCC(NC(=O)OCc1ccccc1)P(=O)(Oc1ccccc1)Oc1ccccc1)NC(=O)OC(C)(C)C. The second kappa shape index (κ2) is 17.9. The Morgan fingerprint density at radius 2 is 1.14 bits per heavy atom. The fourth-order valence-electron chi connectivity index (χ4n) is 4.00. The first-order chi connectivity index (χ1) is 23.1. The van der Waals surface area contributed by atoms with Gasteiger partial charge >= 0.3 is 25.9 Å². The lowest BCUT2D eigenvalue weighted by atomic mass is 10.2. The van der Waals surface area contributed by atoms with Gasteiger partial charge in [0.2, 0.25) is 5.96 Å². The molecule has 0 radical (unpaired) electrons. The van der Waals surface area contributed by atoms with Gasteiger partial charge in [-0.1, -0.05) is 66.7 Å². The van der Waals surface area contributed by atoms with Gasteiger partial charge in [0.15, 0.2) is 5.78 Å². The van der Waals surface area contributed by atoms with E-state index in [1.807, 2.05) is 18.2 Å². The number of para-hydroxylation sites is 2. The summed E-state index contributed by atoms with van der Waals surface area (Å²) in [4.78, 5) is 42.4. The van der Waals surface area contributed by atoms with Crippen molar-refractivity contribution >= 4 is 31.8 Å². The number of nitrogens with zero attached hydrogens (tertiary/aromatic N) is 1. The molecule has 0 saturated carbocycles. The summed E-state index contributed by atoms with van der Waals surface area (Å²) in [6.07, 6.45) is -2.34. The van der Waals surface area contributed by atoms with E-state index >= 15 is 0 Å². The standard InChI is InChI=1S/C35H45N4O9P/c1-34(2,3)45-32(41)38-30(39-33(42)46-35(4,5)6)36-24-16-23-29(37-31(40)44-25-26-17-10-7-11-18-26)49(43,47-27-19-12-8-13-20-27)48-28-21-14-9-15-22-28/h7-15,17-22,29H,16,23-25H2,1-6H3,(H,37,40)(H2,36,38,39,41,42). The number of hydrogen-bond donors (Lipinski definition) is 3. The fraction of sp³-hybridized carbons (Fsp3) is 0.371. The van der Waals surface area contributed by atoms with Crippen molar-refractivity contribution in [3.8, 4) is 11.5 Å². The zero-order valence-electron chi connectivity index (χ0n) is 28.6. The summed E-state index contributed by atoms with van der Waals surface area (Å²) in [5.41, 5.74) is -0.864. The molecule has 0 aliphatic rings. The highest BCUT2D eigenvalue weighted by atomic mass is 31.2. The smallest absolute Gasteiger partial charge is 0.445 e. The van der Waals surface area contributed by atoms with Crippen LogP contribution in [0.2, 0.25) is 0 Å². The van der Waals surface area contributed by atoms with E-state index < -0.39 is 42.9 Å². The van der Waals surface area contributed by atoms with Crippen LogP contribution in [0, 0.1) is 0 Å². The van der Waals surface area contributed by atoms with Gasteiger partial charge in [-0.15, -0.1) is 0 Å². The number of benzene rings is 3. The van der Waals surface area contributed by atoms with E-state index in [0.717, 1.165) is 5.56 Å². The van der Waals surface area contributed by atoms with Gasteiger partial charge in [-0.05, 0) is 84.2 Å². The minimum atomic E-state index is -4.22. The van der Waals surface area contributed by atoms with Crippen molar-refractivity contribution < 1.29 is 42.2 Å². The lowest BCUT2D eigenvalue weighted by molar-refractivity contribution is 0.0544. The molecule has 14 heteroatoms. The number of amides is 3. The third kappa shape index (κ3) is 15.2.